The molecule has 6 heteroatoms. The number of nitrogens with zero attached hydrogens (tertiary/aromatic N) is 2. The number of rotatable bonds is 7. The van der Waals surface area contributed by atoms with Gasteiger partial charge in [-0.15, -0.1) is 0 Å². The van der Waals surface area contributed by atoms with E-state index in [1.165, 1.54) is 29.1 Å². The number of benzene rings is 2. The Morgan fingerprint density at radius 2 is 1.93 bits per heavy atom. The van der Waals surface area contributed by atoms with Gasteiger partial charge in [0, 0.05) is 49.8 Å². The molecule has 2 aromatic carbocycles. The highest BCUT2D eigenvalue weighted by Gasteiger charge is 2.23. The second-order valence-corrected chi connectivity index (χ2v) is 7.58. The number of aromatic nitrogens is 1. The van der Waals surface area contributed by atoms with Crippen molar-refractivity contribution >= 4 is 28.7 Å². The second-order valence-electron chi connectivity index (χ2n) is 7.58. The molecule has 30 heavy (non-hydrogen) atoms. The maximum absolute atomic E-state index is 11.4. The Hall–Kier alpha value is -3.54. The molecule has 0 saturated carbocycles. The van der Waals surface area contributed by atoms with Crippen molar-refractivity contribution in [1.82, 2.24) is 4.98 Å². The van der Waals surface area contributed by atoms with Crippen LogP contribution in [0.4, 0.5) is 22.7 Å². The van der Waals surface area contributed by atoms with Crippen LogP contribution in [-0.2, 0) is 6.42 Å². The van der Waals surface area contributed by atoms with Crippen LogP contribution in [0.5, 0.6) is 0 Å². The monoisotopic (exact) mass is 402 g/mol. The molecule has 3 N–H and O–H groups in total. The summed E-state index contributed by atoms with van der Waals surface area (Å²) in [6, 6.07) is 16.5. The molecule has 3 aromatic rings. The van der Waals surface area contributed by atoms with E-state index in [0.717, 1.165) is 24.2 Å². The maximum atomic E-state index is 11.4. The lowest BCUT2D eigenvalue weighted by Gasteiger charge is -2.21. The fraction of sp³-hybridized carbons (Fsp3) is 0.250. The van der Waals surface area contributed by atoms with Crippen LogP contribution < -0.4 is 15.5 Å². The predicted octanol–water partition coefficient (Wildman–Crippen LogP) is 4.73. The average Bonchev–Trinajstić information content (AvgIpc) is 3.19. The summed E-state index contributed by atoms with van der Waals surface area (Å²) >= 11 is 0. The number of aryl methyl sites for hydroxylation is 1. The highest BCUT2D eigenvalue weighted by molar-refractivity contribution is 5.93. The molecule has 0 amide bonds. The van der Waals surface area contributed by atoms with Crippen LogP contribution in [0.15, 0.2) is 60.9 Å². The van der Waals surface area contributed by atoms with E-state index in [9.17, 15) is 9.90 Å². The van der Waals surface area contributed by atoms with E-state index in [0.29, 0.717) is 18.2 Å². The van der Waals surface area contributed by atoms with Crippen LogP contribution in [0.3, 0.4) is 0 Å². The Balaban J connectivity index is 1.48. The Morgan fingerprint density at radius 3 is 2.67 bits per heavy atom. The quantitative estimate of drug-likeness (QED) is 0.530. The molecule has 0 saturated heterocycles. The largest absolute Gasteiger partial charge is 0.478 e. The standard InChI is InChI=1S/C24H26N4O2/c1-25-18-5-7-19(8-6-18)28(2)20-9-10-21-16(13-20)3-4-17(21)14-27-23-15-26-12-11-22(23)24(29)30/h5-13,15,17,25,27H,3-4,14H2,1-2H3,(H,29,30)/t17-/m0/s1. The Morgan fingerprint density at radius 1 is 1.17 bits per heavy atom. The van der Waals surface area contributed by atoms with Crippen molar-refractivity contribution in [1.29, 1.82) is 0 Å². The van der Waals surface area contributed by atoms with Gasteiger partial charge in [0.2, 0.25) is 0 Å². The molecule has 1 aliphatic rings. The Kier molecular flexibility index (Phi) is 5.57. The van der Waals surface area contributed by atoms with Crippen molar-refractivity contribution in [3.05, 3.63) is 77.6 Å². The lowest BCUT2D eigenvalue weighted by molar-refractivity contribution is 0.0698. The summed E-state index contributed by atoms with van der Waals surface area (Å²) in [5.41, 5.74) is 6.93. The molecule has 1 heterocycles. The summed E-state index contributed by atoms with van der Waals surface area (Å²) in [6.45, 7) is 0.694. The normalized spacial score (nSPS) is 14.8. The van der Waals surface area contributed by atoms with Gasteiger partial charge >= 0.3 is 5.97 Å². The van der Waals surface area contributed by atoms with Crippen LogP contribution in [0, 0.1) is 0 Å². The first-order valence-electron chi connectivity index (χ1n) is 10.1. The van der Waals surface area contributed by atoms with Crippen LogP contribution in [-0.4, -0.2) is 36.7 Å². The highest BCUT2D eigenvalue weighted by Crippen LogP contribution is 2.37. The zero-order valence-corrected chi connectivity index (χ0v) is 17.2. The molecule has 0 radical (unpaired) electrons. The number of carboxylic acid groups (broad SMARTS) is 1. The summed E-state index contributed by atoms with van der Waals surface area (Å²) in [5, 5.41) is 15.8. The number of carbonyl (C=O) groups is 1. The van der Waals surface area contributed by atoms with Crippen molar-refractivity contribution in [2.24, 2.45) is 0 Å². The third-order valence-electron chi connectivity index (χ3n) is 5.85. The van der Waals surface area contributed by atoms with E-state index in [4.69, 9.17) is 0 Å². The van der Waals surface area contributed by atoms with Crippen molar-refractivity contribution in [3.8, 4) is 0 Å². The van der Waals surface area contributed by atoms with Gasteiger partial charge in [-0.2, -0.15) is 0 Å². The summed E-state index contributed by atoms with van der Waals surface area (Å²) < 4.78 is 0. The van der Waals surface area contributed by atoms with E-state index in [-0.39, 0.29) is 5.56 Å². The van der Waals surface area contributed by atoms with Gasteiger partial charge in [-0.3, -0.25) is 4.98 Å². The van der Waals surface area contributed by atoms with Crippen LogP contribution in [0.2, 0.25) is 0 Å². The third kappa shape index (κ3) is 3.94. The average molecular weight is 402 g/mol. The molecule has 0 spiro atoms. The first kappa shape index (κ1) is 19.8. The zero-order valence-electron chi connectivity index (χ0n) is 17.2. The minimum Gasteiger partial charge on any atom is -0.478 e. The van der Waals surface area contributed by atoms with Gasteiger partial charge in [-0.1, -0.05) is 6.07 Å². The maximum Gasteiger partial charge on any atom is 0.337 e. The van der Waals surface area contributed by atoms with Gasteiger partial charge in [0.1, 0.15) is 0 Å². The lowest BCUT2D eigenvalue weighted by atomic mass is 10.0. The predicted molar refractivity (Wildman–Crippen MR) is 121 cm³/mol. The van der Waals surface area contributed by atoms with E-state index in [1.54, 1.807) is 6.20 Å². The molecule has 1 aromatic heterocycles. The van der Waals surface area contributed by atoms with Crippen LogP contribution in [0.25, 0.3) is 0 Å². The van der Waals surface area contributed by atoms with Crippen molar-refractivity contribution in [3.63, 3.8) is 0 Å². The van der Waals surface area contributed by atoms with E-state index < -0.39 is 5.97 Å². The summed E-state index contributed by atoms with van der Waals surface area (Å²) in [5.74, 6) is -0.585. The van der Waals surface area contributed by atoms with Gasteiger partial charge < -0.3 is 20.6 Å². The smallest absolute Gasteiger partial charge is 0.337 e. The number of carboxylic acids is 1. The number of hydrogen-bond donors (Lipinski definition) is 3. The highest BCUT2D eigenvalue weighted by atomic mass is 16.4. The third-order valence-corrected chi connectivity index (χ3v) is 5.85. The molecule has 1 aliphatic carbocycles. The molecule has 0 aliphatic heterocycles. The van der Waals surface area contributed by atoms with Gasteiger partial charge in [-0.25, -0.2) is 4.79 Å². The second kappa shape index (κ2) is 8.45. The molecular weight excluding hydrogens is 376 g/mol. The summed E-state index contributed by atoms with van der Waals surface area (Å²) in [6.07, 6.45) is 5.16. The lowest BCUT2D eigenvalue weighted by Crippen LogP contribution is -2.13. The fourth-order valence-corrected chi connectivity index (χ4v) is 4.07. The molecule has 0 unspecified atom stereocenters. The SMILES string of the molecule is CNc1ccc(N(C)c2ccc3c(c2)CC[C@H]3CNc2cnccc2C(=O)O)cc1. The molecule has 4 rings (SSSR count). The number of pyridine rings is 1. The Labute approximate surface area is 176 Å². The van der Waals surface area contributed by atoms with Crippen LogP contribution in [0.1, 0.15) is 33.8 Å². The number of nitrogens with one attached hydrogen (secondary N) is 2. The Bertz CT molecular complexity index is 1050. The fourth-order valence-electron chi connectivity index (χ4n) is 4.07. The van der Waals surface area contributed by atoms with Gasteiger partial charge in [-0.05, 0) is 66.4 Å². The molecule has 1 atom stereocenters. The molecule has 6 nitrogen and oxygen atoms in total. The number of aromatic carboxylic acids is 1. The minimum atomic E-state index is -0.942. The minimum absolute atomic E-state index is 0.254. The molecule has 154 valence electrons. The van der Waals surface area contributed by atoms with Crippen molar-refractivity contribution in [2.45, 2.75) is 18.8 Å². The van der Waals surface area contributed by atoms with Gasteiger partial charge in [0.25, 0.3) is 0 Å². The molecular formula is C24H26N4O2. The van der Waals surface area contributed by atoms with Gasteiger partial charge in [0.05, 0.1) is 17.4 Å². The van der Waals surface area contributed by atoms with Crippen molar-refractivity contribution < 1.29 is 9.90 Å². The molecule has 0 fully saturated rings. The number of fused-ring (bicyclic) bond motifs is 1. The number of anilines is 4. The van der Waals surface area contributed by atoms with E-state index in [2.05, 4.69) is 70.0 Å². The molecule has 0 bridgehead atoms. The summed E-state index contributed by atoms with van der Waals surface area (Å²) in [4.78, 5) is 17.6. The van der Waals surface area contributed by atoms with Crippen LogP contribution >= 0.6 is 0 Å². The first-order valence-corrected chi connectivity index (χ1v) is 10.1. The topological polar surface area (TPSA) is 77.5 Å². The van der Waals surface area contributed by atoms with Gasteiger partial charge in [0.15, 0.2) is 0 Å². The zero-order chi connectivity index (χ0) is 21.1. The van der Waals surface area contributed by atoms with E-state index in [1.807, 2.05) is 7.05 Å². The summed E-state index contributed by atoms with van der Waals surface area (Å²) in [7, 11) is 4.00. The van der Waals surface area contributed by atoms with E-state index >= 15 is 0 Å². The van der Waals surface area contributed by atoms with Crippen molar-refractivity contribution in [2.75, 3.05) is 36.2 Å². The number of hydrogen-bond acceptors (Lipinski definition) is 5. The first-order chi connectivity index (χ1) is 14.6.